The molecule has 1 rings (SSSR count). The molecule has 1 aromatic rings. The molecule has 1 amide bonds. The van der Waals surface area contributed by atoms with Crippen LogP contribution in [0.1, 0.15) is 19.4 Å². The summed E-state index contributed by atoms with van der Waals surface area (Å²) >= 11 is 0. The number of amides is 1. The molecule has 94 valence electrons. The number of nitrogens with zero attached hydrogens (tertiary/aromatic N) is 1. The lowest BCUT2D eigenvalue weighted by Gasteiger charge is -2.14. The van der Waals surface area contributed by atoms with E-state index in [1.165, 1.54) is 6.08 Å². The maximum atomic E-state index is 11.5. The van der Waals surface area contributed by atoms with Crippen LogP contribution in [-0.2, 0) is 4.79 Å². The van der Waals surface area contributed by atoms with Crippen molar-refractivity contribution in [3.05, 3.63) is 35.9 Å². The van der Waals surface area contributed by atoms with Crippen LogP contribution in [0.25, 0.3) is 6.08 Å². The fraction of sp³-hybridized carbons (Fsp3) is 0.286. The van der Waals surface area contributed by atoms with Gasteiger partial charge in [0.05, 0.1) is 11.5 Å². The van der Waals surface area contributed by atoms with Crippen molar-refractivity contribution in [3.8, 4) is 6.07 Å². The third-order valence-electron chi connectivity index (χ3n) is 2.37. The smallest absolute Gasteiger partial charge is 0.244 e. The summed E-state index contributed by atoms with van der Waals surface area (Å²) in [5.41, 5.74) is 6.60. The Kier molecular flexibility index (Phi) is 4.50. The van der Waals surface area contributed by atoms with Gasteiger partial charge < -0.3 is 11.1 Å². The van der Waals surface area contributed by atoms with Crippen molar-refractivity contribution in [1.29, 1.82) is 5.26 Å². The van der Waals surface area contributed by atoms with Gasteiger partial charge in [0.15, 0.2) is 0 Å². The van der Waals surface area contributed by atoms with E-state index in [2.05, 4.69) is 11.4 Å². The lowest BCUT2D eigenvalue weighted by molar-refractivity contribution is -0.116. The zero-order chi connectivity index (χ0) is 13.6. The fourth-order valence-corrected chi connectivity index (χ4v) is 1.19. The Labute approximate surface area is 107 Å². The Morgan fingerprint density at radius 1 is 1.44 bits per heavy atom. The fourth-order valence-electron chi connectivity index (χ4n) is 1.19. The molecule has 0 aliphatic carbocycles. The van der Waals surface area contributed by atoms with Gasteiger partial charge in [-0.05, 0) is 37.6 Å². The highest BCUT2D eigenvalue weighted by molar-refractivity contribution is 5.91. The Morgan fingerprint density at radius 2 is 2.06 bits per heavy atom. The molecular weight excluding hydrogens is 226 g/mol. The van der Waals surface area contributed by atoms with Crippen LogP contribution in [0, 0.1) is 16.7 Å². The minimum Gasteiger partial charge on any atom is -0.399 e. The van der Waals surface area contributed by atoms with Gasteiger partial charge in [-0.25, -0.2) is 0 Å². The summed E-state index contributed by atoms with van der Waals surface area (Å²) in [6.07, 6.45) is 3.15. The predicted molar refractivity (Wildman–Crippen MR) is 72.3 cm³/mol. The number of rotatable bonds is 4. The van der Waals surface area contributed by atoms with E-state index in [4.69, 9.17) is 11.0 Å². The molecule has 0 heterocycles. The largest absolute Gasteiger partial charge is 0.399 e. The maximum absolute atomic E-state index is 11.5. The van der Waals surface area contributed by atoms with E-state index in [0.29, 0.717) is 12.2 Å². The van der Waals surface area contributed by atoms with Gasteiger partial charge in [0.1, 0.15) is 0 Å². The molecule has 18 heavy (non-hydrogen) atoms. The van der Waals surface area contributed by atoms with Crippen molar-refractivity contribution in [3.63, 3.8) is 0 Å². The summed E-state index contributed by atoms with van der Waals surface area (Å²) in [7, 11) is 0. The first-order valence-corrected chi connectivity index (χ1v) is 5.66. The Hall–Kier alpha value is -2.28. The van der Waals surface area contributed by atoms with Crippen molar-refractivity contribution in [2.45, 2.75) is 13.8 Å². The lowest BCUT2D eigenvalue weighted by Crippen LogP contribution is -2.31. The second-order valence-electron chi connectivity index (χ2n) is 4.71. The van der Waals surface area contributed by atoms with Crippen molar-refractivity contribution in [2.24, 2.45) is 5.41 Å². The second kappa shape index (κ2) is 5.87. The van der Waals surface area contributed by atoms with Gasteiger partial charge in [0.25, 0.3) is 0 Å². The summed E-state index contributed by atoms with van der Waals surface area (Å²) in [5.74, 6) is -0.213. The first-order chi connectivity index (χ1) is 8.43. The first-order valence-electron chi connectivity index (χ1n) is 5.66. The van der Waals surface area contributed by atoms with Gasteiger partial charge in [-0.1, -0.05) is 12.1 Å². The van der Waals surface area contributed by atoms with Crippen molar-refractivity contribution >= 4 is 17.7 Å². The van der Waals surface area contributed by atoms with Gasteiger partial charge in [0.2, 0.25) is 5.91 Å². The monoisotopic (exact) mass is 243 g/mol. The predicted octanol–water partition coefficient (Wildman–Crippen LogP) is 1.95. The highest BCUT2D eigenvalue weighted by Crippen LogP contribution is 2.10. The van der Waals surface area contributed by atoms with Gasteiger partial charge in [0, 0.05) is 18.3 Å². The molecule has 0 bridgehead atoms. The molecule has 3 N–H and O–H groups in total. The Balaban J connectivity index is 2.50. The quantitative estimate of drug-likeness (QED) is 0.626. The molecule has 0 saturated heterocycles. The number of hydrogen-bond acceptors (Lipinski definition) is 3. The van der Waals surface area contributed by atoms with Crippen LogP contribution < -0.4 is 11.1 Å². The number of benzene rings is 1. The van der Waals surface area contributed by atoms with Crippen LogP contribution in [0.5, 0.6) is 0 Å². The number of anilines is 1. The van der Waals surface area contributed by atoms with Crippen LogP contribution in [0.2, 0.25) is 0 Å². The molecule has 0 aliphatic heterocycles. The number of nitriles is 1. The molecule has 0 aliphatic rings. The van der Waals surface area contributed by atoms with E-state index in [0.717, 1.165) is 5.56 Å². The summed E-state index contributed by atoms with van der Waals surface area (Å²) in [6.45, 7) is 3.88. The van der Waals surface area contributed by atoms with Crippen LogP contribution in [0.4, 0.5) is 5.69 Å². The molecule has 4 nitrogen and oxygen atoms in total. The number of nitrogens with one attached hydrogen (secondary N) is 1. The van der Waals surface area contributed by atoms with E-state index >= 15 is 0 Å². The van der Waals surface area contributed by atoms with E-state index in [-0.39, 0.29) is 5.91 Å². The number of nitrogen functional groups attached to an aromatic ring is 1. The van der Waals surface area contributed by atoms with Crippen LogP contribution in [0.3, 0.4) is 0 Å². The topological polar surface area (TPSA) is 78.9 Å². The Morgan fingerprint density at radius 3 is 2.61 bits per heavy atom. The summed E-state index contributed by atoms with van der Waals surface area (Å²) in [6, 6.07) is 9.34. The zero-order valence-electron chi connectivity index (χ0n) is 10.6. The SMILES string of the molecule is CC(C)(C#N)CNC(=O)/C=C/c1ccc(N)cc1. The molecule has 0 atom stereocenters. The molecule has 0 radical (unpaired) electrons. The number of carbonyl (C=O) groups excluding carboxylic acids is 1. The summed E-state index contributed by atoms with van der Waals surface area (Å²) < 4.78 is 0. The van der Waals surface area contributed by atoms with E-state index in [1.807, 2.05) is 12.1 Å². The number of nitrogens with two attached hydrogens (primary N) is 1. The van der Waals surface area contributed by atoms with Gasteiger partial charge in [-0.15, -0.1) is 0 Å². The number of hydrogen-bond donors (Lipinski definition) is 2. The zero-order valence-corrected chi connectivity index (χ0v) is 10.6. The van der Waals surface area contributed by atoms with E-state index in [9.17, 15) is 4.79 Å². The number of carbonyl (C=O) groups is 1. The standard InChI is InChI=1S/C14H17N3O/c1-14(2,9-15)10-17-13(18)8-5-11-3-6-12(16)7-4-11/h3-8H,10,16H2,1-2H3,(H,17,18)/b8-5+. The molecule has 0 aromatic heterocycles. The molecular formula is C14H17N3O. The van der Waals surface area contributed by atoms with Crippen LogP contribution in [-0.4, -0.2) is 12.5 Å². The normalized spacial score (nSPS) is 11.2. The van der Waals surface area contributed by atoms with Crippen molar-refractivity contribution in [1.82, 2.24) is 5.32 Å². The molecule has 0 saturated carbocycles. The van der Waals surface area contributed by atoms with Gasteiger partial charge >= 0.3 is 0 Å². The highest BCUT2D eigenvalue weighted by atomic mass is 16.1. The van der Waals surface area contributed by atoms with Crippen molar-refractivity contribution < 1.29 is 4.79 Å². The average Bonchev–Trinajstić information content (AvgIpc) is 2.36. The molecule has 4 heteroatoms. The van der Waals surface area contributed by atoms with E-state index < -0.39 is 5.41 Å². The Bertz CT molecular complexity index is 481. The van der Waals surface area contributed by atoms with Crippen molar-refractivity contribution in [2.75, 3.05) is 12.3 Å². The molecule has 0 fully saturated rings. The molecule has 0 unspecified atom stereocenters. The molecule has 0 spiro atoms. The minimum atomic E-state index is -0.551. The average molecular weight is 243 g/mol. The molecule has 1 aromatic carbocycles. The maximum Gasteiger partial charge on any atom is 0.244 e. The van der Waals surface area contributed by atoms with E-state index in [1.54, 1.807) is 32.1 Å². The van der Waals surface area contributed by atoms with Gasteiger partial charge in [-0.3, -0.25) is 4.79 Å². The van der Waals surface area contributed by atoms with Gasteiger partial charge in [-0.2, -0.15) is 5.26 Å². The van der Waals surface area contributed by atoms with Crippen LogP contribution in [0.15, 0.2) is 30.3 Å². The minimum absolute atomic E-state index is 0.213. The summed E-state index contributed by atoms with van der Waals surface area (Å²) in [5, 5.41) is 11.5. The third-order valence-corrected chi connectivity index (χ3v) is 2.37. The summed E-state index contributed by atoms with van der Waals surface area (Å²) in [4.78, 5) is 11.5. The highest BCUT2D eigenvalue weighted by Gasteiger charge is 2.16. The second-order valence-corrected chi connectivity index (χ2v) is 4.71. The first kappa shape index (κ1) is 13.8. The van der Waals surface area contributed by atoms with Crippen LogP contribution >= 0.6 is 0 Å². The third kappa shape index (κ3) is 4.71. The lowest BCUT2D eigenvalue weighted by atomic mass is 9.96.